The highest BCUT2D eigenvalue weighted by molar-refractivity contribution is 5.89. The van der Waals surface area contributed by atoms with Crippen LogP contribution in [0.3, 0.4) is 0 Å². The second-order valence-electron chi connectivity index (χ2n) is 6.59. The van der Waals surface area contributed by atoms with Gasteiger partial charge in [0, 0.05) is 5.56 Å². The summed E-state index contributed by atoms with van der Waals surface area (Å²) in [6.07, 6.45) is 4.04. The van der Waals surface area contributed by atoms with Crippen LogP contribution in [0.4, 0.5) is 0 Å². The Morgan fingerprint density at radius 3 is 2.33 bits per heavy atom. The monoisotopic (exact) mass is 323 g/mol. The molecule has 3 rings (SSSR count). The van der Waals surface area contributed by atoms with Gasteiger partial charge in [0.1, 0.15) is 5.75 Å². The molecule has 1 amide bonds. The number of carbonyl (C=O) groups excluding carboxylic acids is 1. The molecule has 0 unspecified atom stereocenters. The molecule has 24 heavy (non-hydrogen) atoms. The van der Waals surface area contributed by atoms with Gasteiger partial charge in [0.2, 0.25) is 5.91 Å². The minimum absolute atomic E-state index is 0.0881. The summed E-state index contributed by atoms with van der Waals surface area (Å²) in [7, 11) is 1.66. The Labute approximate surface area is 144 Å². The number of nitrogens with one attached hydrogen (secondary N) is 1. The Kier molecular flexibility index (Phi) is 4.89. The number of benzene rings is 2. The van der Waals surface area contributed by atoms with Gasteiger partial charge >= 0.3 is 0 Å². The van der Waals surface area contributed by atoms with Crippen LogP contribution in [0.5, 0.6) is 5.75 Å². The number of amides is 1. The van der Waals surface area contributed by atoms with Crippen molar-refractivity contribution in [1.29, 1.82) is 0 Å². The molecule has 0 aliphatic heterocycles. The second kappa shape index (κ2) is 7.08. The average molecular weight is 323 g/mol. The van der Waals surface area contributed by atoms with Gasteiger partial charge in [0.25, 0.3) is 0 Å². The second-order valence-corrected chi connectivity index (χ2v) is 6.59. The third kappa shape index (κ3) is 3.03. The molecule has 1 atom stereocenters. The van der Waals surface area contributed by atoms with Gasteiger partial charge in [-0.2, -0.15) is 0 Å². The van der Waals surface area contributed by atoms with E-state index >= 15 is 0 Å². The Bertz CT molecular complexity index is 690. The molecule has 0 spiro atoms. The predicted octanol–water partition coefficient (Wildman–Crippen LogP) is 4.38. The number of carbonyl (C=O) groups is 1. The largest absolute Gasteiger partial charge is 0.496 e. The highest BCUT2D eigenvalue weighted by Gasteiger charge is 2.43. The molecule has 1 saturated carbocycles. The molecular weight excluding hydrogens is 298 g/mol. The molecule has 0 aromatic heterocycles. The summed E-state index contributed by atoms with van der Waals surface area (Å²) in [6.45, 7) is 2.02. The minimum Gasteiger partial charge on any atom is -0.496 e. The minimum atomic E-state index is -0.391. The van der Waals surface area contributed by atoms with Crippen LogP contribution in [0.1, 0.15) is 49.8 Å². The van der Waals surface area contributed by atoms with Crippen LogP contribution in [-0.4, -0.2) is 13.0 Å². The third-order valence-electron chi connectivity index (χ3n) is 5.17. The van der Waals surface area contributed by atoms with Crippen LogP contribution in [0.2, 0.25) is 0 Å². The Balaban J connectivity index is 1.84. The van der Waals surface area contributed by atoms with E-state index in [9.17, 15) is 4.79 Å². The van der Waals surface area contributed by atoms with Crippen molar-refractivity contribution in [3.05, 3.63) is 65.7 Å². The van der Waals surface area contributed by atoms with Crippen LogP contribution in [0, 0.1) is 0 Å². The van der Waals surface area contributed by atoms with E-state index in [0.717, 1.165) is 42.6 Å². The van der Waals surface area contributed by atoms with Crippen molar-refractivity contribution in [2.24, 2.45) is 0 Å². The van der Waals surface area contributed by atoms with E-state index in [-0.39, 0.29) is 11.9 Å². The molecule has 3 nitrogen and oxygen atoms in total. The maximum Gasteiger partial charge on any atom is 0.231 e. The summed E-state index contributed by atoms with van der Waals surface area (Å²) in [5.41, 5.74) is 1.75. The van der Waals surface area contributed by atoms with E-state index in [2.05, 4.69) is 17.4 Å². The SMILES string of the molecule is COc1ccccc1[C@@H](C)NC(=O)C1(c2ccccc2)CCCC1. The molecule has 0 saturated heterocycles. The number of para-hydroxylation sites is 1. The van der Waals surface area contributed by atoms with Gasteiger partial charge in [-0.3, -0.25) is 4.79 Å². The van der Waals surface area contributed by atoms with Gasteiger partial charge in [0.15, 0.2) is 0 Å². The molecule has 1 fully saturated rings. The van der Waals surface area contributed by atoms with Crippen LogP contribution in [-0.2, 0) is 10.2 Å². The summed E-state index contributed by atoms with van der Waals surface area (Å²) < 4.78 is 5.43. The van der Waals surface area contributed by atoms with Crippen LogP contribution < -0.4 is 10.1 Å². The zero-order chi connectivity index (χ0) is 17.0. The van der Waals surface area contributed by atoms with E-state index in [1.54, 1.807) is 7.11 Å². The molecule has 0 radical (unpaired) electrons. The number of rotatable bonds is 5. The fraction of sp³-hybridized carbons (Fsp3) is 0.381. The van der Waals surface area contributed by atoms with Gasteiger partial charge in [-0.15, -0.1) is 0 Å². The fourth-order valence-electron chi connectivity index (χ4n) is 3.82. The highest BCUT2D eigenvalue weighted by Crippen LogP contribution is 2.42. The fourth-order valence-corrected chi connectivity index (χ4v) is 3.82. The first-order valence-corrected chi connectivity index (χ1v) is 8.67. The number of hydrogen-bond acceptors (Lipinski definition) is 2. The highest BCUT2D eigenvalue weighted by atomic mass is 16.5. The lowest BCUT2D eigenvalue weighted by molar-refractivity contribution is -0.127. The molecule has 2 aromatic carbocycles. The molecule has 3 heteroatoms. The Morgan fingerprint density at radius 1 is 1.04 bits per heavy atom. The van der Waals surface area contributed by atoms with Gasteiger partial charge in [-0.05, 0) is 31.4 Å². The average Bonchev–Trinajstić information content (AvgIpc) is 3.13. The zero-order valence-corrected chi connectivity index (χ0v) is 14.4. The first-order chi connectivity index (χ1) is 11.7. The summed E-state index contributed by atoms with van der Waals surface area (Å²) >= 11 is 0. The van der Waals surface area contributed by atoms with Crippen molar-refractivity contribution in [2.45, 2.75) is 44.1 Å². The summed E-state index contributed by atoms with van der Waals surface area (Å²) in [6, 6.07) is 18.0. The number of methoxy groups -OCH3 is 1. The van der Waals surface area contributed by atoms with Gasteiger partial charge < -0.3 is 10.1 Å². The third-order valence-corrected chi connectivity index (χ3v) is 5.17. The quantitative estimate of drug-likeness (QED) is 0.886. The van der Waals surface area contributed by atoms with Gasteiger partial charge in [0.05, 0.1) is 18.6 Å². The standard InChI is InChI=1S/C21H25NO2/c1-16(18-12-6-7-13-19(18)24-2)22-20(23)21(14-8-9-15-21)17-10-4-3-5-11-17/h3-7,10-13,16H,8-9,14-15H2,1-2H3,(H,22,23)/t16-/m1/s1. The molecule has 1 aliphatic carbocycles. The van der Waals surface area contributed by atoms with Crippen LogP contribution in [0.25, 0.3) is 0 Å². The molecular formula is C21H25NO2. The van der Waals surface area contributed by atoms with Gasteiger partial charge in [-0.25, -0.2) is 0 Å². The molecule has 1 aliphatic rings. The summed E-state index contributed by atoms with van der Waals surface area (Å²) in [4.78, 5) is 13.2. The molecule has 1 N–H and O–H groups in total. The molecule has 0 bridgehead atoms. The first-order valence-electron chi connectivity index (χ1n) is 8.67. The van der Waals surface area contributed by atoms with Crippen molar-refractivity contribution in [3.63, 3.8) is 0 Å². The van der Waals surface area contributed by atoms with E-state index in [0.29, 0.717) is 0 Å². The lowest BCUT2D eigenvalue weighted by Crippen LogP contribution is -2.43. The lowest BCUT2D eigenvalue weighted by atomic mass is 9.77. The van der Waals surface area contributed by atoms with Crippen LogP contribution in [0.15, 0.2) is 54.6 Å². The summed E-state index contributed by atoms with van der Waals surface area (Å²) in [5.74, 6) is 0.940. The van der Waals surface area contributed by atoms with E-state index in [1.807, 2.05) is 49.4 Å². The van der Waals surface area contributed by atoms with Gasteiger partial charge in [-0.1, -0.05) is 61.4 Å². The van der Waals surface area contributed by atoms with Crippen LogP contribution >= 0.6 is 0 Å². The Hall–Kier alpha value is -2.29. The maximum absolute atomic E-state index is 13.2. The predicted molar refractivity (Wildman–Crippen MR) is 96.1 cm³/mol. The van der Waals surface area contributed by atoms with Crippen molar-refractivity contribution in [2.75, 3.05) is 7.11 Å². The summed E-state index contributed by atoms with van der Waals surface area (Å²) in [5, 5.41) is 3.23. The molecule has 0 heterocycles. The number of ether oxygens (including phenoxy) is 1. The Morgan fingerprint density at radius 2 is 1.67 bits per heavy atom. The first kappa shape index (κ1) is 16.6. The van der Waals surface area contributed by atoms with Crippen molar-refractivity contribution in [3.8, 4) is 5.75 Å². The normalized spacial score (nSPS) is 17.2. The van der Waals surface area contributed by atoms with Crippen molar-refractivity contribution >= 4 is 5.91 Å². The van der Waals surface area contributed by atoms with E-state index in [4.69, 9.17) is 4.74 Å². The topological polar surface area (TPSA) is 38.3 Å². The van der Waals surface area contributed by atoms with E-state index < -0.39 is 5.41 Å². The van der Waals surface area contributed by atoms with Crippen molar-refractivity contribution in [1.82, 2.24) is 5.32 Å². The molecule has 126 valence electrons. The maximum atomic E-state index is 13.2. The molecule has 2 aromatic rings. The lowest BCUT2D eigenvalue weighted by Gasteiger charge is -2.30. The smallest absolute Gasteiger partial charge is 0.231 e. The zero-order valence-electron chi connectivity index (χ0n) is 14.4. The number of hydrogen-bond donors (Lipinski definition) is 1. The van der Waals surface area contributed by atoms with E-state index in [1.165, 1.54) is 0 Å². The van der Waals surface area contributed by atoms with Crippen molar-refractivity contribution < 1.29 is 9.53 Å².